The summed E-state index contributed by atoms with van der Waals surface area (Å²) in [5, 5.41) is 3.35. The fourth-order valence-corrected chi connectivity index (χ4v) is 2.60. The van der Waals surface area contributed by atoms with Crippen LogP contribution in [-0.2, 0) is 6.54 Å². The molecule has 5 nitrogen and oxygen atoms in total. The highest BCUT2D eigenvalue weighted by atomic mass is 15.0. The zero-order chi connectivity index (χ0) is 16.9. The number of rotatable bonds is 5. The highest BCUT2D eigenvalue weighted by Gasteiger charge is 2.07. The van der Waals surface area contributed by atoms with Crippen LogP contribution in [0.2, 0.25) is 0 Å². The molecule has 0 fully saturated rings. The molecule has 0 atom stereocenters. The molecule has 5 heteroatoms. The first-order valence-corrected chi connectivity index (χ1v) is 8.08. The van der Waals surface area contributed by atoms with Crippen molar-refractivity contribution < 1.29 is 0 Å². The van der Waals surface area contributed by atoms with E-state index in [1.165, 1.54) is 5.56 Å². The third-order valence-electron chi connectivity index (χ3n) is 3.88. The van der Waals surface area contributed by atoms with Gasteiger partial charge in [0.05, 0.1) is 5.69 Å². The maximum absolute atomic E-state index is 4.66. The molecule has 0 aliphatic heterocycles. The molecule has 122 valence electrons. The summed E-state index contributed by atoms with van der Waals surface area (Å²) in [5.41, 5.74) is 4.07. The van der Waals surface area contributed by atoms with Gasteiger partial charge in [0.15, 0.2) is 0 Å². The molecule has 0 saturated heterocycles. The minimum absolute atomic E-state index is 0.735. The van der Waals surface area contributed by atoms with E-state index < -0.39 is 0 Å². The summed E-state index contributed by atoms with van der Waals surface area (Å²) in [7, 11) is 0. The van der Waals surface area contributed by atoms with Crippen molar-refractivity contribution >= 4 is 5.82 Å². The molecule has 0 aliphatic rings. The van der Waals surface area contributed by atoms with Crippen LogP contribution in [0.3, 0.4) is 0 Å². The van der Waals surface area contributed by atoms with Gasteiger partial charge in [-0.05, 0) is 29.8 Å². The molecule has 0 radical (unpaired) electrons. The summed E-state index contributed by atoms with van der Waals surface area (Å²) in [6.45, 7) is 0.735. The minimum atomic E-state index is 0.735. The smallest absolute Gasteiger partial charge is 0.139 e. The molecule has 0 bridgehead atoms. The first-order chi connectivity index (χ1) is 12.4. The number of nitrogens with zero attached hydrogens (tertiary/aromatic N) is 3. The molecule has 4 aromatic rings. The van der Waals surface area contributed by atoms with E-state index in [1.807, 2.05) is 48.7 Å². The zero-order valence-electron chi connectivity index (χ0n) is 13.6. The number of pyridine rings is 2. The SMILES string of the molecule is c1ccc(CNc2cc(-c3c[nH]c(-c4cccnc4)n3)ccn2)cc1. The van der Waals surface area contributed by atoms with Crippen LogP contribution in [0.4, 0.5) is 5.82 Å². The van der Waals surface area contributed by atoms with E-state index in [1.54, 1.807) is 18.6 Å². The van der Waals surface area contributed by atoms with Crippen molar-refractivity contribution in [2.24, 2.45) is 0 Å². The van der Waals surface area contributed by atoms with Gasteiger partial charge in [0, 0.05) is 42.5 Å². The topological polar surface area (TPSA) is 66.5 Å². The van der Waals surface area contributed by atoms with Crippen molar-refractivity contribution in [3.8, 4) is 22.6 Å². The van der Waals surface area contributed by atoms with Gasteiger partial charge >= 0.3 is 0 Å². The molecule has 1 aromatic carbocycles. The number of benzene rings is 1. The van der Waals surface area contributed by atoms with E-state index in [2.05, 4.69) is 37.4 Å². The number of imidazole rings is 1. The Labute approximate surface area is 145 Å². The summed E-state index contributed by atoms with van der Waals surface area (Å²) < 4.78 is 0. The Morgan fingerprint density at radius 2 is 1.84 bits per heavy atom. The van der Waals surface area contributed by atoms with Gasteiger partial charge in [0.2, 0.25) is 0 Å². The molecule has 3 heterocycles. The lowest BCUT2D eigenvalue weighted by atomic mass is 10.2. The summed E-state index contributed by atoms with van der Waals surface area (Å²) in [6, 6.07) is 18.1. The number of aromatic nitrogens is 4. The Balaban J connectivity index is 1.52. The van der Waals surface area contributed by atoms with Gasteiger partial charge in [-0.3, -0.25) is 4.98 Å². The second-order valence-electron chi connectivity index (χ2n) is 5.64. The van der Waals surface area contributed by atoms with E-state index in [-0.39, 0.29) is 0 Å². The van der Waals surface area contributed by atoms with E-state index in [0.717, 1.165) is 35.0 Å². The van der Waals surface area contributed by atoms with Crippen LogP contribution < -0.4 is 5.32 Å². The predicted molar refractivity (Wildman–Crippen MR) is 98.8 cm³/mol. The third kappa shape index (κ3) is 3.55. The van der Waals surface area contributed by atoms with Crippen LogP contribution in [0.5, 0.6) is 0 Å². The fourth-order valence-electron chi connectivity index (χ4n) is 2.60. The van der Waals surface area contributed by atoms with E-state index in [4.69, 9.17) is 0 Å². The highest BCUT2D eigenvalue weighted by Crippen LogP contribution is 2.23. The van der Waals surface area contributed by atoms with E-state index in [0.29, 0.717) is 0 Å². The second-order valence-corrected chi connectivity index (χ2v) is 5.64. The largest absolute Gasteiger partial charge is 0.366 e. The van der Waals surface area contributed by atoms with E-state index in [9.17, 15) is 0 Å². The molecule has 0 spiro atoms. The summed E-state index contributed by atoms with van der Waals surface area (Å²) in [5.74, 6) is 1.63. The number of H-pyrrole nitrogens is 1. The lowest BCUT2D eigenvalue weighted by Crippen LogP contribution is -2.01. The zero-order valence-corrected chi connectivity index (χ0v) is 13.6. The van der Waals surface area contributed by atoms with Crippen LogP contribution in [0.25, 0.3) is 22.6 Å². The van der Waals surface area contributed by atoms with Gasteiger partial charge in [-0.2, -0.15) is 0 Å². The van der Waals surface area contributed by atoms with E-state index >= 15 is 0 Å². The average molecular weight is 327 g/mol. The Bertz CT molecular complexity index is 948. The van der Waals surface area contributed by atoms with Gasteiger partial charge in [0.25, 0.3) is 0 Å². The van der Waals surface area contributed by atoms with Gasteiger partial charge < -0.3 is 10.3 Å². The Kier molecular flexibility index (Phi) is 4.20. The molecular formula is C20H17N5. The summed E-state index contributed by atoms with van der Waals surface area (Å²) in [4.78, 5) is 16.4. The van der Waals surface area contributed by atoms with Gasteiger partial charge in [-0.15, -0.1) is 0 Å². The van der Waals surface area contributed by atoms with Crippen molar-refractivity contribution in [2.45, 2.75) is 6.54 Å². The molecule has 2 N–H and O–H groups in total. The van der Waals surface area contributed by atoms with Crippen molar-refractivity contribution in [2.75, 3.05) is 5.32 Å². The molecule has 0 amide bonds. The van der Waals surface area contributed by atoms with Gasteiger partial charge in [-0.1, -0.05) is 30.3 Å². The second kappa shape index (κ2) is 6.97. The molecule has 3 aromatic heterocycles. The average Bonchev–Trinajstić information content (AvgIpc) is 3.18. The molecule has 0 aliphatic carbocycles. The van der Waals surface area contributed by atoms with Crippen molar-refractivity contribution in [1.29, 1.82) is 0 Å². The molecule has 4 rings (SSSR count). The minimum Gasteiger partial charge on any atom is -0.366 e. The van der Waals surface area contributed by atoms with Crippen molar-refractivity contribution in [1.82, 2.24) is 19.9 Å². The summed E-state index contributed by atoms with van der Waals surface area (Å²) in [6.07, 6.45) is 7.24. The van der Waals surface area contributed by atoms with Crippen molar-refractivity contribution in [3.05, 3.63) is 84.9 Å². The quantitative estimate of drug-likeness (QED) is 0.578. The molecule has 25 heavy (non-hydrogen) atoms. The Morgan fingerprint density at radius 3 is 2.68 bits per heavy atom. The number of aromatic amines is 1. The first kappa shape index (κ1) is 15.1. The number of hydrogen-bond acceptors (Lipinski definition) is 4. The highest BCUT2D eigenvalue weighted by molar-refractivity contribution is 5.66. The number of nitrogens with one attached hydrogen (secondary N) is 2. The maximum atomic E-state index is 4.66. The van der Waals surface area contributed by atoms with Crippen LogP contribution in [0.15, 0.2) is 79.4 Å². The Hall–Kier alpha value is -3.47. The monoisotopic (exact) mass is 327 g/mol. The predicted octanol–water partition coefficient (Wildman–Crippen LogP) is 4.15. The molecular weight excluding hydrogens is 310 g/mol. The van der Waals surface area contributed by atoms with Crippen LogP contribution >= 0.6 is 0 Å². The van der Waals surface area contributed by atoms with Crippen LogP contribution in [0.1, 0.15) is 5.56 Å². The Morgan fingerprint density at radius 1 is 0.920 bits per heavy atom. The first-order valence-electron chi connectivity index (χ1n) is 8.08. The normalized spacial score (nSPS) is 10.6. The molecule has 0 saturated carbocycles. The summed E-state index contributed by atoms with van der Waals surface area (Å²) >= 11 is 0. The maximum Gasteiger partial charge on any atom is 0.139 e. The van der Waals surface area contributed by atoms with Gasteiger partial charge in [0.1, 0.15) is 11.6 Å². The third-order valence-corrected chi connectivity index (χ3v) is 3.88. The lowest BCUT2D eigenvalue weighted by Gasteiger charge is -2.06. The number of anilines is 1. The van der Waals surface area contributed by atoms with Gasteiger partial charge in [-0.25, -0.2) is 9.97 Å². The lowest BCUT2D eigenvalue weighted by molar-refractivity contribution is 1.11. The number of hydrogen-bond donors (Lipinski definition) is 2. The van der Waals surface area contributed by atoms with Crippen LogP contribution in [-0.4, -0.2) is 19.9 Å². The van der Waals surface area contributed by atoms with Crippen LogP contribution in [0, 0.1) is 0 Å². The standard InChI is InChI=1S/C20H17N5/c1-2-5-15(6-3-1)12-23-19-11-16(8-10-22-19)18-14-24-20(25-18)17-7-4-9-21-13-17/h1-11,13-14H,12H2,(H,22,23)(H,24,25). The fraction of sp³-hybridized carbons (Fsp3) is 0.0500. The van der Waals surface area contributed by atoms with Crippen molar-refractivity contribution in [3.63, 3.8) is 0 Å². The molecule has 0 unspecified atom stereocenters.